The third kappa shape index (κ3) is 3.91. The highest BCUT2D eigenvalue weighted by atomic mass is 32.1. The van der Waals surface area contributed by atoms with E-state index in [9.17, 15) is 4.79 Å². The van der Waals surface area contributed by atoms with Crippen molar-refractivity contribution in [1.82, 2.24) is 10.2 Å². The van der Waals surface area contributed by atoms with Crippen molar-refractivity contribution in [1.29, 1.82) is 0 Å². The van der Waals surface area contributed by atoms with E-state index in [4.69, 9.17) is 27.4 Å². The Bertz CT molecular complexity index is 386. The Kier molecular flexibility index (Phi) is 5.92. The van der Waals surface area contributed by atoms with Gasteiger partial charge in [0.15, 0.2) is 0 Å². The third-order valence-corrected chi connectivity index (χ3v) is 4.80. The number of morpholine rings is 1. The van der Waals surface area contributed by atoms with Gasteiger partial charge in [-0.05, 0) is 19.4 Å². The summed E-state index contributed by atoms with van der Waals surface area (Å²) in [4.78, 5) is 15.1. The summed E-state index contributed by atoms with van der Waals surface area (Å²) >= 11 is 5.13. The van der Waals surface area contributed by atoms with Crippen LogP contribution in [-0.4, -0.2) is 67.9 Å². The van der Waals surface area contributed by atoms with Crippen LogP contribution in [0.3, 0.4) is 0 Å². The highest BCUT2D eigenvalue weighted by Crippen LogP contribution is 2.31. The lowest BCUT2D eigenvalue weighted by Crippen LogP contribution is -2.54. The maximum Gasteiger partial charge on any atom is 0.233 e. The molecule has 2 fully saturated rings. The number of hydrogen-bond donors (Lipinski definition) is 2. The highest BCUT2D eigenvalue weighted by molar-refractivity contribution is 7.80. The van der Waals surface area contributed by atoms with E-state index in [1.54, 1.807) is 0 Å². The van der Waals surface area contributed by atoms with Gasteiger partial charge in [-0.15, -0.1) is 0 Å². The molecule has 2 aliphatic heterocycles. The number of rotatable bonds is 5. The van der Waals surface area contributed by atoms with Gasteiger partial charge < -0.3 is 20.5 Å². The minimum atomic E-state index is -0.757. The van der Waals surface area contributed by atoms with Crippen LogP contribution >= 0.6 is 12.2 Å². The Hall–Kier alpha value is -0.760. The van der Waals surface area contributed by atoms with Crippen molar-refractivity contribution in [2.75, 3.05) is 46.0 Å². The summed E-state index contributed by atoms with van der Waals surface area (Å²) in [5, 5.41) is 2.98. The molecule has 0 saturated carbocycles. The summed E-state index contributed by atoms with van der Waals surface area (Å²) in [6, 6.07) is 0. The predicted octanol–water partition coefficient (Wildman–Crippen LogP) is -0.0938. The minimum absolute atomic E-state index is 0.0332. The molecule has 21 heavy (non-hydrogen) atoms. The van der Waals surface area contributed by atoms with Gasteiger partial charge >= 0.3 is 0 Å². The summed E-state index contributed by atoms with van der Waals surface area (Å²) in [6.45, 7) is 7.19. The Balaban J connectivity index is 1.89. The predicted molar refractivity (Wildman–Crippen MR) is 84.1 cm³/mol. The van der Waals surface area contributed by atoms with Crippen LogP contribution in [0, 0.1) is 5.41 Å². The van der Waals surface area contributed by atoms with Gasteiger partial charge in [0, 0.05) is 32.8 Å². The molecule has 0 bridgehead atoms. The van der Waals surface area contributed by atoms with Crippen molar-refractivity contribution in [2.24, 2.45) is 11.1 Å². The smallest absolute Gasteiger partial charge is 0.233 e. The van der Waals surface area contributed by atoms with E-state index in [-0.39, 0.29) is 17.0 Å². The zero-order chi connectivity index (χ0) is 15.3. The third-order valence-electron chi connectivity index (χ3n) is 4.41. The fourth-order valence-electron chi connectivity index (χ4n) is 2.87. The van der Waals surface area contributed by atoms with E-state index < -0.39 is 5.41 Å². The average Bonchev–Trinajstić information content (AvgIpc) is 2.53. The maximum atomic E-state index is 12.6. The first-order chi connectivity index (χ1) is 10.1. The second kappa shape index (κ2) is 7.49. The number of likely N-dealkylation sites (N-methyl/N-ethyl adjacent to an activating group) is 1. The first-order valence-electron chi connectivity index (χ1n) is 7.58. The zero-order valence-corrected chi connectivity index (χ0v) is 13.4. The van der Waals surface area contributed by atoms with Crippen LogP contribution in [-0.2, 0) is 14.3 Å². The van der Waals surface area contributed by atoms with Crippen LogP contribution in [0.25, 0.3) is 0 Å². The summed E-state index contributed by atoms with van der Waals surface area (Å²) in [5.41, 5.74) is 5.07. The number of thiocarbonyl (C=S) groups is 1. The van der Waals surface area contributed by atoms with Crippen LogP contribution < -0.4 is 11.1 Å². The zero-order valence-electron chi connectivity index (χ0n) is 12.6. The van der Waals surface area contributed by atoms with Crippen molar-refractivity contribution >= 4 is 23.1 Å². The first-order valence-corrected chi connectivity index (χ1v) is 7.99. The van der Waals surface area contributed by atoms with Crippen molar-refractivity contribution in [3.8, 4) is 0 Å². The largest absolute Gasteiger partial charge is 0.392 e. The summed E-state index contributed by atoms with van der Waals surface area (Å²) in [7, 11) is 0. The Labute approximate surface area is 131 Å². The van der Waals surface area contributed by atoms with E-state index in [2.05, 4.69) is 17.1 Å². The van der Waals surface area contributed by atoms with E-state index >= 15 is 0 Å². The summed E-state index contributed by atoms with van der Waals surface area (Å²) < 4.78 is 11.0. The number of nitrogens with two attached hydrogens (primary N) is 1. The lowest BCUT2D eigenvalue weighted by molar-refractivity contribution is -0.132. The van der Waals surface area contributed by atoms with E-state index in [1.165, 1.54) is 0 Å². The van der Waals surface area contributed by atoms with Gasteiger partial charge in [-0.25, -0.2) is 0 Å². The van der Waals surface area contributed by atoms with Crippen molar-refractivity contribution in [3.63, 3.8) is 0 Å². The van der Waals surface area contributed by atoms with Crippen LogP contribution in [0.4, 0.5) is 0 Å². The lowest BCUT2D eigenvalue weighted by atomic mass is 9.79. The Morgan fingerprint density at radius 2 is 2.14 bits per heavy atom. The molecule has 3 N–H and O–H groups in total. The molecule has 0 aromatic rings. The molecule has 2 heterocycles. The summed E-state index contributed by atoms with van der Waals surface area (Å²) in [6.07, 6.45) is 1.15. The van der Waals surface area contributed by atoms with Crippen molar-refractivity contribution < 1.29 is 14.3 Å². The van der Waals surface area contributed by atoms with E-state index in [0.29, 0.717) is 39.2 Å². The number of nitrogens with zero attached hydrogens (tertiary/aromatic N) is 1. The molecule has 0 spiro atoms. The second-order valence-electron chi connectivity index (χ2n) is 5.65. The first kappa shape index (κ1) is 16.6. The van der Waals surface area contributed by atoms with Gasteiger partial charge in [0.05, 0.1) is 17.7 Å². The molecular weight excluding hydrogens is 290 g/mol. The standard InChI is InChI=1S/C14H25N3O3S/c1-2-17-5-8-20-11(10-17)9-16-13(18)14(12(15)21)3-6-19-7-4-14/h11H,2-10H2,1H3,(H2,15,21)(H,16,18). The van der Waals surface area contributed by atoms with Gasteiger partial charge in [-0.3, -0.25) is 9.69 Å². The average molecular weight is 315 g/mol. The fourth-order valence-corrected chi connectivity index (χ4v) is 3.17. The molecule has 120 valence electrons. The van der Waals surface area contributed by atoms with E-state index in [0.717, 1.165) is 19.6 Å². The quantitative estimate of drug-likeness (QED) is 0.690. The topological polar surface area (TPSA) is 76.8 Å². The Morgan fingerprint density at radius 1 is 1.43 bits per heavy atom. The molecule has 2 saturated heterocycles. The molecule has 0 aromatic carbocycles. The van der Waals surface area contributed by atoms with Gasteiger partial charge in [-0.1, -0.05) is 19.1 Å². The summed E-state index contributed by atoms with van der Waals surface area (Å²) in [5.74, 6) is -0.0875. The number of carbonyl (C=O) groups is 1. The number of ether oxygens (including phenoxy) is 2. The number of carbonyl (C=O) groups excluding carboxylic acids is 1. The molecule has 6 nitrogen and oxygen atoms in total. The number of hydrogen-bond acceptors (Lipinski definition) is 5. The molecule has 0 aliphatic carbocycles. The monoisotopic (exact) mass is 315 g/mol. The molecule has 1 amide bonds. The van der Waals surface area contributed by atoms with Gasteiger partial charge in [0.25, 0.3) is 0 Å². The SMILES string of the molecule is CCN1CCOC(CNC(=O)C2(C(N)=S)CCOCC2)C1. The molecule has 2 aliphatic rings. The van der Waals surface area contributed by atoms with Gasteiger partial charge in [0.1, 0.15) is 5.41 Å². The molecule has 0 radical (unpaired) electrons. The molecule has 1 unspecified atom stereocenters. The number of amides is 1. The van der Waals surface area contributed by atoms with Gasteiger partial charge in [-0.2, -0.15) is 0 Å². The lowest BCUT2D eigenvalue weighted by Gasteiger charge is -2.36. The maximum absolute atomic E-state index is 12.6. The van der Waals surface area contributed by atoms with Gasteiger partial charge in [0.2, 0.25) is 5.91 Å². The van der Waals surface area contributed by atoms with Crippen molar-refractivity contribution in [2.45, 2.75) is 25.9 Å². The molecule has 1 atom stereocenters. The molecule has 0 aromatic heterocycles. The number of nitrogens with one attached hydrogen (secondary N) is 1. The molecule has 7 heteroatoms. The Morgan fingerprint density at radius 3 is 2.76 bits per heavy atom. The molecular formula is C14H25N3O3S. The van der Waals surface area contributed by atoms with Crippen molar-refractivity contribution in [3.05, 3.63) is 0 Å². The molecule has 2 rings (SSSR count). The fraction of sp³-hybridized carbons (Fsp3) is 0.857. The normalized spacial score (nSPS) is 26.2. The van der Waals surface area contributed by atoms with Crippen LogP contribution in [0.5, 0.6) is 0 Å². The minimum Gasteiger partial charge on any atom is -0.392 e. The van der Waals surface area contributed by atoms with Crippen LogP contribution in [0.2, 0.25) is 0 Å². The van der Waals surface area contributed by atoms with Crippen LogP contribution in [0.1, 0.15) is 19.8 Å². The highest BCUT2D eigenvalue weighted by Gasteiger charge is 2.43. The van der Waals surface area contributed by atoms with E-state index in [1.807, 2.05) is 0 Å². The second-order valence-corrected chi connectivity index (χ2v) is 6.09. The van der Waals surface area contributed by atoms with Crippen LogP contribution in [0.15, 0.2) is 0 Å².